The first-order valence-electron chi connectivity index (χ1n) is 6.78. The molecule has 1 aliphatic carbocycles. The van der Waals surface area contributed by atoms with E-state index in [9.17, 15) is 20.1 Å². The summed E-state index contributed by atoms with van der Waals surface area (Å²) in [5.74, 6) is -0.792. The van der Waals surface area contributed by atoms with Crippen molar-refractivity contribution in [2.24, 2.45) is 0 Å². The van der Waals surface area contributed by atoms with Crippen LogP contribution in [0.3, 0.4) is 0 Å². The van der Waals surface area contributed by atoms with Crippen molar-refractivity contribution in [3.63, 3.8) is 0 Å². The van der Waals surface area contributed by atoms with Gasteiger partial charge in [0.15, 0.2) is 11.2 Å². The number of carbonyl (C=O) groups excluding carboxylic acids is 1. The van der Waals surface area contributed by atoms with Crippen LogP contribution in [0.1, 0.15) is 17.5 Å². The minimum atomic E-state index is -2.09. The van der Waals surface area contributed by atoms with Crippen LogP contribution < -0.4 is 0 Å². The van der Waals surface area contributed by atoms with Crippen LogP contribution in [-0.4, -0.2) is 27.2 Å². The number of aliphatic hydroxyl groups is 3. The maximum absolute atomic E-state index is 12.7. The second kappa shape index (κ2) is 4.77. The molecule has 0 aromatic heterocycles. The Balaban J connectivity index is 2.10. The van der Waals surface area contributed by atoms with Gasteiger partial charge in [-0.3, -0.25) is 4.79 Å². The van der Waals surface area contributed by atoms with Crippen molar-refractivity contribution in [3.05, 3.63) is 71.8 Å². The molecule has 3 unspecified atom stereocenters. The zero-order valence-corrected chi connectivity index (χ0v) is 11.3. The fourth-order valence-electron chi connectivity index (χ4n) is 2.97. The molecule has 4 heteroatoms. The third-order valence-electron chi connectivity index (χ3n) is 4.16. The number of rotatable bonds is 2. The molecule has 0 radical (unpaired) electrons. The van der Waals surface area contributed by atoms with Gasteiger partial charge in [-0.05, 0) is 11.1 Å². The summed E-state index contributed by atoms with van der Waals surface area (Å²) in [6.07, 6.45) is -1.60. The summed E-state index contributed by atoms with van der Waals surface area (Å²) in [5.41, 5.74) is -3.31. The monoisotopic (exact) mass is 284 g/mol. The van der Waals surface area contributed by atoms with Gasteiger partial charge in [-0.25, -0.2) is 0 Å². The summed E-state index contributed by atoms with van der Waals surface area (Å²) in [6, 6.07) is 16.6. The van der Waals surface area contributed by atoms with Gasteiger partial charge in [0, 0.05) is 6.42 Å². The molecule has 4 nitrogen and oxygen atoms in total. The standard InChI is InChI=1S/C17H16O4/c18-14-11-16(20,12-7-3-1-4-8-12)15(19)17(14,21)13-9-5-2-6-10-13/h1-10,14,18,20-21H,11H2. The summed E-state index contributed by atoms with van der Waals surface area (Å²) in [4.78, 5) is 12.7. The van der Waals surface area contributed by atoms with Crippen molar-refractivity contribution in [2.75, 3.05) is 0 Å². The van der Waals surface area contributed by atoms with Crippen LogP contribution in [0, 0.1) is 0 Å². The van der Waals surface area contributed by atoms with Gasteiger partial charge in [0.2, 0.25) is 5.78 Å². The molecule has 0 amide bonds. The van der Waals surface area contributed by atoms with Gasteiger partial charge in [0.25, 0.3) is 0 Å². The first-order valence-corrected chi connectivity index (χ1v) is 6.78. The van der Waals surface area contributed by atoms with Crippen molar-refractivity contribution >= 4 is 5.78 Å². The zero-order chi connectivity index (χ0) is 15.1. The van der Waals surface area contributed by atoms with E-state index >= 15 is 0 Å². The van der Waals surface area contributed by atoms with Crippen LogP contribution >= 0.6 is 0 Å². The van der Waals surface area contributed by atoms with Crippen LogP contribution in [0.15, 0.2) is 60.7 Å². The van der Waals surface area contributed by atoms with E-state index in [4.69, 9.17) is 0 Å². The molecular weight excluding hydrogens is 268 g/mol. The minimum Gasteiger partial charge on any atom is -0.389 e. The molecule has 2 aromatic rings. The average Bonchev–Trinajstić information content (AvgIpc) is 2.71. The number of hydrogen-bond donors (Lipinski definition) is 3. The van der Waals surface area contributed by atoms with Crippen LogP contribution in [-0.2, 0) is 16.0 Å². The third-order valence-corrected chi connectivity index (χ3v) is 4.16. The molecule has 0 spiro atoms. The highest BCUT2D eigenvalue weighted by atomic mass is 16.4. The van der Waals surface area contributed by atoms with Gasteiger partial charge in [-0.2, -0.15) is 0 Å². The maximum Gasteiger partial charge on any atom is 0.207 e. The number of carbonyl (C=O) groups is 1. The highest BCUT2D eigenvalue weighted by Crippen LogP contribution is 2.46. The molecule has 0 heterocycles. The highest BCUT2D eigenvalue weighted by molar-refractivity contribution is 5.99. The second-order valence-corrected chi connectivity index (χ2v) is 5.41. The van der Waals surface area contributed by atoms with Gasteiger partial charge in [0.05, 0.1) is 6.10 Å². The largest absolute Gasteiger partial charge is 0.389 e. The normalized spacial score (nSPS) is 32.3. The SMILES string of the molecule is O=C1C(O)(c2ccccc2)CC(O)C1(O)c1ccccc1. The smallest absolute Gasteiger partial charge is 0.207 e. The maximum atomic E-state index is 12.7. The minimum absolute atomic E-state index is 0.235. The lowest BCUT2D eigenvalue weighted by molar-refractivity contribution is -0.153. The summed E-state index contributed by atoms with van der Waals surface area (Å²) >= 11 is 0. The number of ketones is 1. The lowest BCUT2D eigenvalue weighted by Gasteiger charge is -2.27. The number of benzene rings is 2. The Hall–Kier alpha value is -2.01. The first kappa shape index (κ1) is 13.9. The Bertz CT molecular complexity index is 655. The summed E-state index contributed by atoms with van der Waals surface area (Å²) < 4.78 is 0. The Labute approximate surface area is 122 Å². The van der Waals surface area contributed by atoms with Gasteiger partial charge in [0.1, 0.15) is 0 Å². The topological polar surface area (TPSA) is 77.8 Å². The summed E-state index contributed by atoms with van der Waals surface area (Å²) in [6.45, 7) is 0. The molecule has 108 valence electrons. The molecule has 3 rings (SSSR count). The van der Waals surface area contributed by atoms with Crippen molar-refractivity contribution in [2.45, 2.75) is 23.7 Å². The predicted molar refractivity (Wildman–Crippen MR) is 76.3 cm³/mol. The summed E-state index contributed by atoms with van der Waals surface area (Å²) in [7, 11) is 0. The predicted octanol–water partition coefficient (Wildman–Crippen LogP) is 1.10. The van der Waals surface area contributed by atoms with Crippen LogP contribution in [0.25, 0.3) is 0 Å². The van der Waals surface area contributed by atoms with E-state index in [0.717, 1.165) is 0 Å². The number of Topliss-reactive ketones (excluding diaryl/α,β-unsaturated/α-hetero) is 1. The molecular formula is C17H16O4. The highest BCUT2D eigenvalue weighted by Gasteiger charge is 2.62. The lowest BCUT2D eigenvalue weighted by Crippen LogP contribution is -2.44. The summed E-state index contributed by atoms with van der Waals surface area (Å²) in [5, 5.41) is 31.7. The van der Waals surface area contributed by atoms with Gasteiger partial charge in [-0.1, -0.05) is 60.7 Å². The first-order chi connectivity index (χ1) is 9.99. The van der Waals surface area contributed by atoms with Crippen molar-refractivity contribution < 1.29 is 20.1 Å². The zero-order valence-electron chi connectivity index (χ0n) is 11.3. The van der Waals surface area contributed by atoms with Crippen molar-refractivity contribution in [1.29, 1.82) is 0 Å². The van der Waals surface area contributed by atoms with E-state index in [0.29, 0.717) is 5.56 Å². The molecule has 0 saturated heterocycles. The van der Waals surface area contributed by atoms with Crippen LogP contribution in [0.5, 0.6) is 0 Å². The Morgan fingerprint density at radius 3 is 1.86 bits per heavy atom. The van der Waals surface area contributed by atoms with E-state index < -0.39 is 23.1 Å². The molecule has 1 saturated carbocycles. The van der Waals surface area contributed by atoms with Gasteiger partial charge < -0.3 is 15.3 Å². The lowest BCUT2D eigenvalue weighted by atomic mass is 9.85. The Kier molecular flexibility index (Phi) is 3.17. The van der Waals surface area contributed by atoms with E-state index in [1.54, 1.807) is 60.7 Å². The number of aliphatic hydroxyl groups excluding tert-OH is 1. The fourth-order valence-corrected chi connectivity index (χ4v) is 2.97. The number of hydrogen-bond acceptors (Lipinski definition) is 4. The molecule has 1 aliphatic rings. The molecule has 0 aliphatic heterocycles. The molecule has 0 bridgehead atoms. The third kappa shape index (κ3) is 1.92. The van der Waals surface area contributed by atoms with E-state index in [2.05, 4.69) is 0 Å². The molecule has 3 atom stereocenters. The van der Waals surface area contributed by atoms with Crippen LogP contribution in [0.2, 0.25) is 0 Å². The fraction of sp³-hybridized carbons (Fsp3) is 0.235. The van der Waals surface area contributed by atoms with E-state index in [1.807, 2.05) is 0 Å². The van der Waals surface area contributed by atoms with Gasteiger partial charge in [-0.15, -0.1) is 0 Å². The van der Waals surface area contributed by atoms with E-state index in [-0.39, 0.29) is 12.0 Å². The average molecular weight is 284 g/mol. The van der Waals surface area contributed by atoms with Crippen molar-refractivity contribution in [1.82, 2.24) is 0 Å². The van der Waals surface area contributed by atoms with Crippen LogP contribution in [0.4, 0.5) is 0 Å². The molecule has 21 heavy (non-hydrogen) atoms. The van der Waals surface area contributed by atoms with Crippen molar-refractivity contribution in [3.8, 4) is 0 Å². The molecule has 2 aromatic carbocycles. The quantitative estimate of drug-likeness (QED) is 0.771. The van der Waals surface area contributed by atoms with E-state index in [1.165, 1.54) is 0 Å². The molecule has 1 fully saturated rings. The Morgan fingerprint density at radius 1 is 0.857 bits per heavy atom. The van der Waals surface area contributed by atoms with Gasteiger partial charge >= 0.3 is 0 Å². The Morgan fingerprint density at radius 2 is 1.33 bits per heavy atom. The second-order valence-electron chi connectivity index (χ2n) is 5.41. The molecule has 3 N–H and O–H groups in total.